The van der Waals surface area contributed by atoms with Gasteiger partial charge in [-0.3, -0.25) is 4.21 Å². The highest BCUT2D eigenvalue weighted by Crippen LogP contribution is 2.17. The Morgan fingerprint density at radius 1 is 1.65 bits per heavy atom. The fraction of sp³-hybridized carbons (Fsp3) is 0.400. The van der Waals surface area contributed by atoms with Gasteiger partial charge in [-0.25, -0.2) is 9.78 Å². The molecule has 7 heteroatoms. The van der Waals surface area contributed by atoms with Crippen LogP contribution in [0, 0.1) is 0 Å². The Bertz CT molecular complexity index is 440. The summed E-state index contributed by atoms with van der Waals surface area (Å²) in [6, 6.07) is 1.50. The minimum Gasteiger partial charge on any atom is -0.478 e. The minimum atomic E-state index is -1.03. The van der Waals surface area contributed by atoms with Crippen molar-refractivity contribution in [3.8, 4) is 0 Å². The summed E-state index contributed by atoms with van der Waals surface area (Å²) in [6.07, 6.45) is 3.88. The lowest BCUT2D eigenvalue weighted by atomic mass is 10.2. The van der Waals surface area contributed by atoms with Crippen LogP contribution in [0.3, 0.4) is 0 Å². The number of nitrogens with one attached hydrogen (secondary N) is 1. The Hall–Kier alpha value is -0.950. The van der Waals surface area contributed by atoms with E-state index in [1.54, 1.807) is 6.26 Å². The molecule has 1 aromatic heterocycles. The van der Waals surface area contributed by atoms with E-state index in [0.717, 1.165) is 0 Å². The highest BCUT2D eigenvalue weighted by Gasteiger charge is 2.11. The Morgan fingerprint density at radius 2 is 2.35 bits per heavy atom. The summed E-state index contributed by atoms with van der Waals surface area (Å²) in [4.78, 5) is 15.0. The van der Waals surface area contributed by atoms with Gasteiger partial charge in [0.25, 0.3) is 0 Å². The Morgan fingerprint density at radius 3 is 2.94 bits per heavy atom. The number of carboxylic acids is 1. The van der Waals surface area contributed by atoms with Gasteiger partial charge in [-0.05, 0) is 28.4 Å². The molecular formula is C10H13BrN2O3S. The predicted molar refractivity (Wildman–Crippen MR) is 70.9 cm³/mol. The summed E-state index contributed by atoms with van der Waals surface area (Å²) in [6.45, 7) is 0.550. The molecule has 5 nitrogen and oxygen atoms in total. The van der Waals surface area contributed by atoms with Crippen molar-refractivity contribution in [1.29, 1.82) is 0 Å². The average molecular weight is 321 g/mol. The summed E-state index contributed by atoms with van der Waals surface area (Å²) in [5.74, 6) is -0.102. The molecule has 0 saturated carbocycles. The number of aromatic carboxylic acids is 1. The molecule has 0 aliphatic heterocycles. The maximum atomic E-state index is 11.0. The van der Waals surface area contributed by atoms with Gasteiger partial charge < -0.3 is 10.4 Å². The van der Waals surface area contributed by atoms with E-state index in [1.807, 2.05) is 0 Å². The van der Waals surface area contributed by atoms with Crippen molar-refractivity contribution < 1.29 is 14.1 Å². The third kappa shape index (κ3) is 4.82. The molecule has 0 saturated heterocycles. The first-order valence-electron chi connectivity index (χ1n) is 4.93. The standard InChI is InChI=1S/C10H13BrN2O3S/c1-17(16)4-2-3-12-9-8(10(14)15)5-7(11)6-13-9/h5-6H,2-4H2,1H3,(H,12,13)(H,14,15). The molecular weight excluding hydrogens is 308 g/mol. The van der Waals surface area contributed by atoms with E-state index in [4.69, 9.17) is 5.11 Å². The zero-order valence-corrected chi connectivity index (χ0v) is 11.7. The monoisotopic (exact) mass is 320 g/mol. The first kappa shape index (κ1) is 14.1. The molecule has 0 aliphatic rings. The Kier molecular flexibility index (Phi) is 5.57. The van der Waals surface area contributed by atoms with Gasteiger partial charge in [0.1, 0.15) is 11.4 Å². The first-order valence-corrected chi connectivity index (χ1v) is 7.45. The fourth-order valence-electron chi connectivity index (χ4n) is 1.23. The van der Waals surface area contributed by atoms with Crippen molar-refractivity contribution in [2.45, 2.75) is 6.42 Å². The zero-order chi connectivity index (χ0) is 12.8. The Balaban J connectivity index is 2.64. The van der Waals surface area contributed by atoms with E-state index in [2.05, 4.69) is 26.2 Å². The molecule has 2 N–H and O–H groups in total. The quantitative estimate of drug-likeness (QED) is 0.780. The van der Waals surface area contributed by atoms with Crippen molar-refractivity contribution >= 4 is 38.5 Å². The molecule has 0 bridgehead atoms. The molecule has 17 heavy (non-hydrogen) atoms. The molecule has 1 heterocycles. The second kappa shape index (κ2) is 6.70. The van der Waals surface area contributed by atoms with Crippen LogP contribution in [0.25, 0.3) is 0 Å². The van der Waals surface area contributed by atoms with Gasteiger partial charge in [-0.2, -0.15) is 0 Å². The number of carboxylic acid groups (broad SMARTS) is 1. The molecule has 0 fully saturated rings. The van der Waals surface area contributed by atoms with Gasteiger partial charge in [-0.15, -0.1) is 0 Å². The molecule has 0 amide bonds. The third-order valence-electron chi connectivity index (χ3n) is 1.99. The lowest BCUT2D eigenvalue weighted by Gasteiger charge is -2.08. The van der Waals surface area contributed by atoms with Crippen molar-refractivity contribution in [3.05, 3.63) is 22.3 Å². The Labute approximate surface area is 110 Å². The number of rotatable bonds is 6. The fourth-order valence-corrected chi connectivity index (χ4v) is 2.11. The van der Waals surface area contributed by atoms with Crippen LogP contribution in [0.1, 0.15) is 16.8 Å². The molecule has 1 aromatic rings. The summed E-state index contributed by atoms with van der Waals surface area (Å²) in [5.41, 5.74) is 0.122. The maximum Gasteiger partial charge on any atom is 0.339 e. The topological polar surface area (TPSA) is 79.3 Å². The summed E-state index contributed by atoms with van der Waals surface area (Å²) in [7, 11) is -0.825. The predicted octanol–water partition coefficient (Wildman–Crippen LogP) is 1.72. The number of anilines is 1. The van der Waals surface area contributed by atoms with E-state index in [-0.39, 0.29) is 5.56 Å². The van der Waals surface area contributed by atoms with Crippen LogP contribution >= 0.6 is 15.9 Å². The average Bonchev–Trinajstić information content (AvgIpc) is 2.25. The van der Waals surface area contributed by atoms with Crippen LogP contribution in [-0.4, -0.2) is 38.8 Å². The number of halogens is 1. The lowest BCUT2D eigenvalue weighted by molar-refractivity contribution is 0.0697. The van der Waals surface area contributed by atoms with Crippen LogP contribution in [-0.2, 0) is 10.8 Å². The van der Waals surface area contributed by atoms with E-state index in [9.17, 15) is 9.00 Å². The van der Waals surface area contributed by atoms with Gasteiger partial charge in [0.2, 0.25) is 0 Å². The second-order valence-corrected chi connectivity index (χ2v) is 5.88. The molecule has 0 radical (unpaired) electrons. The van der Waals surface area contributed by atoms with Crippen molar-refractivity contribution in [1.82, 2.24) is 4.98 Å². The summed E-state index contributed by atoms with van der Waals surface area (Å²) in [5, 5.41) is 11.9. The largest absolute Gasteiger partial charge is 0.478 e. The summed E-state index contributed by atoms with van der Waals surface area (Å²) < 4.78 is 11.5. The zero-order valence-electron chi connectivity index (χ0n) is 9.27. The van der Waals surface area contributed by atoms with Crippen LogP contribution < -0.4 is 5.32 Å². The second-order valence-electron chi connectivity index (χ2n) is 3.41. The number of nitrogens with zero attached hydrogens (tertiary/aromatic N) is 1. The van der Waals surface area contributed by atoms with E-state index in [1.165, 1.54) is 12.3 Å². The third-order valence-corrected chi connectivity index (χ3v) is 3.28. The minimum absolute atomic E-state index is 0.122. The molecule has 0 aromatic carbocycles. The van der Waals surface area contributed by atoms with Crippen LogP contribution in [0.2, 0.25) is 0 Å². The number of aromatic nitrogens is 1. The van der Waals surface area contributed by atoms with Crippen molar-refractivity contribution in [2.24, 2.45) is 0 Å². The molecule has 1 rings (SSSR count). The van der Waals surface area contributed by atoms with Gasteiger partial charge in [0, 0.05) is 40.0 Å². The smallest absolute Gasteiger partial charge is 0.339 e. The van der Waals surface area contributed by atoms with Gasteiger partial charge in [0.05, 0.1) is 0 Å². The highest BCUT2D eigenvalue weighted by atomic mass is 79.9. The molecule has 1 atom stereocenters. The SMILES string of the molecule is CS(=O)CCCNc1ncc(Br)cc1C(=O)O. The lowest BCUT2D eigenvalue weighted by Crippen LogP contribution is -2.11. The number of carbonyl (C=O) groups is 1. The van der Waals surface area contributed by atoms with Crippen LogP contribution in [0.15, 0.2) is 16.7 Å². The van der Waals surface area contributed by atoms with Crippen LogP contribution in [0.5, 0.6) is 0 Å². The molecule has 94 valence electrons. The summed E-state index contributed by atoms with van der Waals surface area (Å²) >= 11 is 3.17. The normalized spacial score (nSPS) is 12.1. The molecule has 0 spiro atoms. The van der Waals surface area contributed by atoms with Gasteiger partial charge in [0.15, 0.2) is 0 Å². The number of pyridine rings is 1. The highest BCUT2D eigenvalue weighted by molar-refractivity contribution is 9.10. The first-order chi connectivity index (χ1) is 8.00. The number of hydrogen-bond donors (Lipinski definition) is 2. The van der Waals surface area contributed by atoms with Gasteiger partial charge in [-0.1, -0.05) is 0 Å². The van der Waals surface area contributed by atoms with Crippen LogP contribution in [0.4, 0.5) is 5.82 Å². The van der Waals surface area contributed by atoms with E-state index in [0.29, 0.717) is 29.0 Å². The number of hydrogen-bond acceptors (Lipinski definition) is 4. The van der Waals surface area contributed by atoms with Gasteiger partial charge >= 0.3 is 5.97 Å². The van der Waals surface area contributed by atoms with Crippen molar-refractivity contribution in [3.63, 3.8) is 0 Å². The van der Waals surface area contributed by atoms with E-state index >= 15 is 0 Å². The molecule has 1 unspecified atom stereocenters. The maximum absolute atomic E-state index is 11.0. The van der Waals surface area contributed by atoms with E-state index < -0.39 is 16.8 Å². The van der Waals surface area contributed by atoms with Crippen molar-refractivity contribution in [2.75, 3.05) is 23.9 Å². The molecule has 0 aliphatic carbocycles.